The summed E-state index contributed by atoms with van der Waals surface area (Å²) in [6, 6.07) is 0. The molecule has 3 rings (SSSR count). The van der Waals surface area contributed by atoms with E-state index >= 15 is 0 Å². The minimum atomic E-state index is -0.0984. The van der Waals surface area contributed by atoms with Crippen molar-refractivity contribution in [3.8, 4) is 0 Å². The van der Waals surface area contributed by atoms with Gasteiger partial charge in [-0.2, -0.15) is 5.10 Å². The fourth-order valence-electron chi connectivity index (χ4n) is 3.11. The quantitative estimate of drug-likeness (QED) is 0.853. The second-order valence-electron chi connectivity index (χ2n) is 7.15. The topological polar surface area (TPSA) is 56.1 Å². The highest BCUT2D eigenvalue weighted by Gasteiger charge is 2.29. The lowest BCUT2D eigenvalue weighted by molar-refractivity contribution is 0.0497. The molecule has 1 aliphatic rings. The summed E-state index contributed by atoms with van der Waals surface area (Å²) < 4.78 is 7.59. The first-order valence-corrected chi connectivity index (χ1v) is 7.88. The second-order valence-corrected chi connectivity index (χ2v) is 7.15. The molecule has 2 unspecified atom stereocenters. The Balaban J connectivity index is 2.00. The highest BCUT2D eigenvalue weighted by atomic mass is 16.5. The van der Waals surface area contributed by atoms with Crippen molar-refractivity contribution in [2.45, 2.75) is 45.8 Å². The van der Waals surface area contributed by atoms with E-state index in [1.54, 1.807) is 13.4 Å². The van der Waals surface area contributed by atoms with Crippen LogP contribution >= 0.6 is 0 Å². The summed E-state index contributed by atoms with van der Waals surface area (Å²) in [5.41, 5.74) is 0.795. The minimum Gasteiger partial charge on any atom is -0.379 e. The van der Waals surface area contributed by atoms with Crippen LogP contribution in [-0.4, -0.2) is 46.1 Å². The molecule has 0 radical (unpaired) electrons. The number of hydrogen-bond acceptors (Lipinski definition) is 5. The van der Waals surface area contributed by atoms with Crippen molar-refractivity contribution in [2.75, 3.05) is 25.1 Å². The van der Waals surface area contributed by atoms with Crippen molar-refractivity contribution >= 4 is 16.9 Å². The number of fused-ring (bicyclic) bond motifs is 1. The van der Waals surface area contributed by atoms with Gasteiger partial charge in [-0.05, 0) is 33.1 Å². The van der Waals surface area contributed by atoms with Crippen molar-refractivity contribution in [3.05, 3.63) is 12.5 Å². The van der Waals surface area contributed by atoms with E-state index in [0.717, 1.165) is 36.4 Å². The van der Waals surface area contributed by atoms with Crippen LogP contribution in [-0.2, 0) is 10.3 Å². The summed E-state index contributed by atoms with van der Waals surface area (Å²) in [5, 5.41) is 5.55. The average molecular weight is 303 g/mol. The Morgan fingerprint density at radius 3 is 2.73 bits per heavy atom. The van der Waals surface area contributed by atoms with Gasteiger partial charge in [0, 0.05) is 20.2 Å². The first-order valence-electron chi connectivity index (χ1n) is 7.88. The lowest BCUT2D eigenvalue weighted by atomic mass is 9.96. The molecule has 2 atom stereocenters. The molecule has 2 aromatic rings. The van der Waals surface area contributed by atoms with E-state index in [-0.39, 0.29) is 11.6 Å². The normalized spacial score (nSPS) is 23.2. The van der Waals surface area contributed by atoms with E-state index in [1.165, 1.54) is 0 Å². The van der Waals surface area contributed by atoms with Crippen LogP contribution < -0.4 is 4.90 Å². The van der Waals surface area contributed by atoms with Gasteiger partial charge in [0.25, 0.3) is 0 Å². The van der Waals surface area contributed by atoms with Crippen LogP contribution in [0.5, 0.6) is 0 Å². The summed E-state index contributed by atoms with van der Waals surface area (Å²) in [6.45, 7) is 10.5. The van der Waals surface area contributed by atoms with Gasteiger partial charge in [-0.25, -0.2) is 14.6 Å². The number of hydrogen-bond donors (Lipinski definition) is 0. The van der Waals surface area contributed by atoms with Gasteiger partial charge in [0.15, 0.2) is 5.65 Å². The molecule has 0 saturated carbocycles. The molecule has 2 aromatic heterocycles. The van der Waals surface area contributed by atoms with Crippen molar-refractivity contribution in [3.63, 3.8) is 0 Å². The lowest BCUT2D eigenvalue weighted by Gasteiger charge is -2.37. The van der Waals surface area contributed by atoms with Gasteiger partial charge in [0.1, 0.15) is 12.1 Å². The van der Waals surface area contributed by atoms with Crippen LogP contribution in [0.2, 0.25) is 0 Å². The van der Waals surface area contributed by atoms with Crippen LogP contribution in [0.4, 0.5) is 5.82 Å². The third-order valence-corrected chi connectivity index (χ3v) is 4.47. The van der Waals surface area contributed by atoms with Crippen molar-refractivity contribution in [1.82, 2.24) is 19.7 Å². The molecular weight excluding hydrogens is 278 g/mol. The average Bonchev–Trinajstić information content (AvgIpc) is 2.91. The zero-order chi connectivity index (χ0) is 15.9. The number of methoxy groups -OCH3 is 1. The maximum Gasteiger partial charge on any atom is 0.163 e. The molecule has 0 aromatic carbocycles. The summed E-state index contributed by atoms with van der Waals surface area (Å²) in [4.78, 5) is 11.3. The summed E-state index contributed by atoms with van der Waals surface area (Å²) >= 11 is 0. The number of rotatable bonds is 2. The summed E-state index contributed by atoms with van der Waals surface area (Å²) in [5.74, 6) is 1.55. The predicted octanol–water partition coefficient (Wildman–Crippen LogP) is 2.44. The Morgan fingerprint density at radius 2 is 2.05 bits per heavy atom. The fraction of sp³-hybridized carbons (Fsp3) is 0.688. The molecule has 0 bridgehead atoms. The van der Waals surface area contributed by atoms with E-state index in [0.29, 0.717) is 5.92 Å². The maximum atomic E-state index is 5.62. The molecule has 1 aliphatic heterocycles. The number of ether oxygens (including phenoxy) is 1. The zero-order valence-electron chi connectivity index (χ0n) is 14.1. The molecule has 0 aliphatic carbocycles. The molecule has 3 heterocycles. The Bertz CT molecular complexity index is 660. The van der Waals surface area contributed by atoms with Gasteiger partial charge in [0.2, 0.25) is 0 Å². The highest BCUT2D eigenvalue weighted by molar-refractivity contribution is 5.86. The van der Waals surface area contributed by atoms with E-state index in [4.69, 9.17) is 4.74 Å². The van der Waals surface area contributed by atoms with Crippen LogP contribution in [0.3, 0.4) is 0 Å². The van der Waals surface area contributed by atoms with Gasteiger partial charge >= 0.3 is 0 Å². The Kier molecular flexibility index (Phi) is 3.80. The number of nitrogens with zero attached hydrogens (tertiary/aromatic N) is 5. The van der Waals surface area contributed by atoms with Crippen LogP contribution in [0, 0.1) is 5.92 Å². The minimum absolute atomic E-state index is 0.0984. The zero-order valence-corrected chi connectivity index (χ0v) is 14.1. The molecular formula is C16H25N5O. The fourth-order valence-corrected chi connectivity index (χ4v) is 3.11. The monoisotopic (exact) mass is 303 g/mol. The molecule has 1 fully saturated rings. The molecule has 22 heavy (non-hydrogen) atoms. The molecule has 120 valence electrons. The number of anilines is 1. The SMILES string of the molecule is COC1CN(c2ncnc3c2cnn3C(C)(C)C)CCC1C. The summed E-state index contributed by atoms with van der Waals surface area (Å²) in [6.07, 6.45) is 4.88. The first-order chi connectivity index (χ1) is 10.4. The number of aromatic nitrogens is 4. The van der Waals surface area contributed by atoms with Gasteiger partial charge in [-0.3, -0.25) is 0 Å². The van der Waals surface area contributed by atoms with E-state index in [9.17, 15) is 0 Å². The third-order valence-electron chi connectivity index (χ3n) is 4.47. The molecule has 0 amide bonds. The van der Waals surface area contributed by atoms with Crippen LogP contribution in [0.25, 0.3) is 11.0 Å². The molecule has 0 spiro atoms. The number of piperidine rings is 1. The largest absolute Gasteiger partial charge is 0.379 e. The van der Waals surface area contributed by atoms with Gasteiger partial charge in [-0.1, -0.05) is 6.92 Å². The van der Waals surface area contributed by atoms with Gasteiger partial charge < -0.3 is 9.64 Å². The second kappa shape index (κ2) is 5.50. The molecule has 0 N–H and O–H groups in total. The van der Waals surface area contributed by atoms with E-state index in [2.05, 4.69) is 47.7 Å². The lowest BCUT2D eigenvalue weighted by Crippen LogP contribution is -2.44. The Hall–Kier alpha value is -1.69. The van der Waals surface area contributed by atoms with E-state index < -0.39 is 0 Å². The molecule has 1 saturated heterocycles. The smallest absolute Gasteiger partial charge is 0.163 e. The van der Waals surface area contributed by atoms with Gasteiger partial charge in [0.05, 0.1) is 23.2 Å². The third kappa shape index (κ3) is 2.56. The van der Waals surface area contributed by atoms with Crippen molar-refractivity contribution in [1.29, 1.82) is 0 Å². The van der Waals surface area contributed by atoms with Crippen molar-refractivity contribution < 1.29 is 4.74 Å². The highest BCUT2D eigenvalue weighted by Crippen LogP contribution is 2.29. The summed E-state index contributed by atoms with van der Waals surface area (Å²) in [7, 11) is 1.79. The maximum absolute atomic E-state index is 5.62. The van der Waals surface area contributed by atoms with Crippen LogP contribution in [0.15, 0.2) is 12.5 Å². The molecule has 6 heteroatoms. The molecule has 6 nitrogen and oxygen atoms in total. The van der Waals surface area contributed by atoms with Crippen LogP contribution in [0.1, 0.15) is 34.1 Å². The van der Waals surface area contributed by atoms with Gasteiger partial charge in [-0.15, -0.1) is 0 Å². The Labute approximate surface area is 131 Å². The Morgan fingerprint density at radius 1 is 1.27 bits per heavy atom. The first kappa shape index (κ1) is 15.2. The van der Waals surface area contributed by atoms with E-state index in [1.807, 2.05) is 10.9 Å². The van der Waals surface area contributed by atoms with Crippen molar-refractivity contribution in [2.24, 2.45) is 5.92 Å². The standard InChI is InChI=1S/C16H25N5O/c1-11-6-7-20(9-13(11)22-5)14-12-8-19-21(16(2,3)4)15(12)18-10-17-14/h8,10-11,13H,6-7,9H2,1-5H3. The predicted molar refractivity (Wildman–Crippen MR) is 87.1 cm³/mol.